The first-order valence-corrected chi connectivity index (χ1v) is 6.36. The molecule has 0 rings (SSSR count). The van der Waals surface area contributed by atoms with E-state index in [0.29, 0.717) is 32.4 Å². The van der Waals surface area contributed by atoms with Crippen molar-refractivity contribution in [3.63, 3.8) is 0 Å². The summed E-state index contributed by atoms with van der Waals surface area (Å²) in [5, 5.41) is 6.54. The summed E-state index contributed by atoms with van der Waals surface area (Å²) in [5.74, 6) is 0.859. The summed E-state index contributed by atoms with van der Waals surface area (Å²) in [6, 6.07) is 0.433. The number of methoxy groups -OCH3 is 1. The van der Waals surface area contributed by atoms with E-state index in [1.54, 1.807) is 7.11 Å². The molecule has 0 aromatic carbocycles. The van der Waals surface area contributed by atoms with Gasteiger partial charge >= 0.3 is 0 Å². The van der Waals surface area contributed by atoms with Gasteiger partial charge in [0.2, 0.25) is 0 Å². The Morgan fingerprint density at radius 3 is 2.59 bits per heavy atom. The Kier molecular flexibility index (Phi) is 11.1. The molecule has 0 aromatic heterocycles. The highest BCUT2D eigenvalue weighted by Crippen LogP contribution is 1.87. The van der Waals surface area contributed by atoms with Gasteiger partial charge in [-0.3, -0.25) is 4.99 Å². The van der Waals surface area contributed by atoms with Crippen molar-refractivity contribution in [2.75, 3.05) is 40.0 Å². The predicted octanol–water partition coefficient (Wildman–Crippen LogP) is 1.00. The molecule has 0 amide bonds. The second-order valence-corrected chi connectivity index (χ2v) is 3.82. The largest absolute Gasteiger partial charge is 0.382 e. The molecule has 0 spiro atoms. The van der Waals surface area contributed by atoms with Crippen LogP contribution in [0.1, 0.15) is 27.2 Å². The molecular weight excluding hydrogens is 218 g/mol. The van der Waals surface area contributed by atoms with Gasteiger partial charge in [-0.05, 0) is 20.3 Å². The number of hydrogen-bond acceptors (Lipinski definition) is 3. The summed E-state index contributed by atoms with van der Waals surface area (Å²) in [6.07, 6.45) is 1.08. The van der Waals surface area contributed by atoms with E-state index in [0.717, 1.165) is 18.9 Å². The molecule has 1 atom stereocenters. The van der Waals surface area contributed by atoms with Crippen molar-refractivity contribution in [1.82, 2.24) is 10.6 Å². The van der Waals surface area contributed by atoms with Crippen molar-refractivity contribution in [2.45, 2.75) is 33.2 Å². The molecule has 0 aromatic rings. The number of nitrogens with one attached hydrogen (secondary N) is 2. The van der Waals surface area contributed by atoms with Crippen LogP contribution in [-0.2, 0) is 9.47 Å². The summed E-state index contributed by atoms with van der Waals surface area (Å²) in [6.45, 7) is 9.76. The van der Waals surface area contributed by atoms with Gasteiger partial charge < -0.3 is 20.1 Å². The van der Waals surface area contributed by atoms with E-state index in [4.69, 9.17) is 9.47 Å². The summed E-state index contributed by atoms with van der Waals surface area (Å²) in [5.41, 5.74) is 0. The lowest BCUT2D eigenvalue weighted by Crippen LogP contribution is -2.42. The molecule has 0 heterocycles. The molecule has 5 heteroatoms. The SMILES string of the molecule is CCNC(=NCCOCCOC)NC(C)CC. The highest BCUT2D eigenvalue weighted by Gasteiger charge is 2.01. The third-order valence-corrected chi connectivity index (χ3v) is 2.28. The van der Waals surface area contributed by atoms with E-state index in [9.17, 15) is 0 Å². The maximum Gasteiger partial charge on any atom is 0.191 e. The van der Waals surface area contributed by atoms with Crippen LogP contribution in [0.3, 0.4) is 0 Å². The van der Waals surface area contributed by atoms with Crippen molar-refractivity contribution in [3.05, 3.63) is 0 Å². The molecule has 0 fully saturated rings. The first-order chi connectivity index (χ1) is 8.24. The number of ether oxygens (including phenoxy) is 2. The van der Waals surface area contributed by atoms with E-state index in [1.165, 1.54) is 0 Å². The maximum atomic E-state index is 5.35. The van der Waals surface area contributed by atoms with Crippen molar-refractivity contribution in [1.29, 1.82) is 0 Å². The fourth-order valence-corrected chi connectivity index (χ4v) is 1.12. The zero-order valence-corrected chi connectivity index (χ0v) is 11.6. The molecule has 5 nitrogen and oxygen atoms in total. The van der Waals surface area contributed by atoms with E-state index >= 15 is 0 Å². The van der Waals surface area contributed by atoms with Crippen LogP contribution in [0.25, 0.3) is 0 Å². The zero-order chi connectivity index (χ0) is 12.9. The molecule has 0 aliphatic rings. The Labute approximate surface area is 105 Å². The van der Waals surface area contributed by atoms with Gasteiger partial charge in [0.05, 0.1) is 26.4 Å². The molecular formula is C12H27N3O2. The van der Waals surface area contributed by atoms with Gasteiger partial charge in [-0.1, -0.05) is 6.92 Å². The van der Waals surface area contributed by atoms with Crippen LogP contribution in [0.5, 0.6) is 0 Å². The topological polar surface area (TPSA) is 54.9 Å². The van der Waals surface area contributed by atoms with E-state index in [-0.39, 0.29) is 0 Å². The summed E-state index contributed by atoms with van der Waals surface area (Å²) in [7, 11) is 1.67. The van der Waals surface area contributed by atoms with Crippen LogP contribution in [0.15, 0.2) is 4.99 Å². The lowest BCUT2D eigenvalue weighted by molar-refractivity contribution is 0.0748. The monoisotopic (exact) mass is 245 g/mol. The number of hydrogen-bond donors (Lipinski definition) is 2. The Morgan fingerprint density at radius 2 is 2.00 bits per heavy atom. The van der Waals surface area contributed by atoms with Crippen molar-refractivity contribution in [3.8, 4) is 0 Å². The van der Waals surface area contributed by atoms with Gasteiger partial charge in [-0.25, -0.2) is 0 Å². The second kappa shape index (κ2) is 11.7. The van der Waals surface area contributed by atoms with Crippen LogP contribution in [0, 0.1) is 0 Å². The highest BCUT2D eigenvalue weighted by atomic mass is 16.5. The lowest BCUT2D eigenvalue weighted by Gasteiger charge is -2.16. The van der Waals surface area contributed by atoms with Crippen LogP contribution in [0.4, 0.5) is 0 Å². The molecule has 0 aliphatic heterocycles. The van der Waals surface area contributed by atoms with E-state index < -0.39 is 0 Å². The first kappa shape index (κ1) is 16.2. The molecule has 2 N–H and O–H groups in total. The zero-order valence-electron chi connectivity index (χ0n) is 11.6. The average Bonchev–Trinajstić information content (AvgIpc) is 2.33. The molecule has 102 valence electrons. The number of rotatable bonds is 9. The third kappa shape index (κ3) is 10.1. The smallest absolute Gasteiger partial charge is 0.191 e. The minimum atomic E-state index is 0.433. The van der Waals surface area contributed by atoms with Crippen LogP contribution in [-0.4, -0.2) is 52.0 Å². The maximum absolute atomic E-state index is 5.35. The van der Waals surface area contributed by atoms with Crippen molar-refractivity contribution >= 4 is 5.96 Å². The lowest BCUT2D eigenvalue weighted by atomic mass is 10.3. The van der Waals surface area contributed by atoms with Crippen LogP contribution in [0.2, 0.25) is 0 Å². The second-order valence-electron chi connectivity index (χ2n) is 3.82. The molecule has 0 saturated carbocycles. The van der Waals surface area contributed by atoms with Crippen LogP contribution < -0.4 is 10.6 Å². The van der Waals surface area contributed by atoms with Gasteiger partial charge in [0.25, 0.3) is 0 Å². The Balaban J connectivity index is 3.78. The van der Waals surface area contributed by atoms with Gasteiger partial charge in [0.1, 0.15) is 0 Å². The predicted molar refractivity (Wildman–Crippen MR) is 71.6 cm³/mol. The Morgan fingerprint density at radius 1 is 1.24 bits per heavy atom. The number of nitrogens with zero attached hydrogens (tertiary/aromatic N) is 1. The van der Waals surface area contributed by atoms with Crippen molar-refractivity contribution < 1.29 is 9.47 Å². The fourth-order valence-electron chi connectivity index (χ4n) is 1.12. The molecule has 0 radical (unpaired) electrons. The molecule has 17 heavy (non-hydrogen) atoms. The standard InChI is InChI=1S/C12H27N3O2/c1-5-11(3)15-12(13-6-2)14-7-8-17-10-9-16-4/h11H,5-10H2,1-4H3,(H2,13,14,15). The van der Waals surface area contributed by atoms with Gasteiger partial charge in [0.15, 0.2) is 5.96 Å². The molecule has 0 saturated heterocycles. The Bertz CT molecular complexity index is 198. The summed E-state index contributed by atoms with van der Waals surface area (Å²) >= 11 is 0. The molecule has 0 aliphatic carbocycles. The summed E-state index contributed by atoms with van der Waals surface area (Å²) in [4.78, 5) is 4.43. The quantitative estimate of drug-likeness (QED) is 0.361. The summed E-state index contributed by atoms with van der Waals surface area (Å²) < 4.78 is 10.2. The number of guanidine groups is 1. The van der Waals surface area contributed by atoms with E-state index in [2.05, 4.69) is 36.4 Å². The van der Waals surface area contributed by atoms with Crippen molar-refractivity contribution in [2.24, 2.45) is 4.99 Å². The van der Waals surface area contributed by atoms with Gasteiger partial charge in [0, 0.05) is 19.7 Å². The average molecular weight is 245 g/mol. The highest BCUT2D eigenvalue weighted by molar-refractivity contribution is 5.79. The third-order valence-electron chi connectivity index (χ3n) is 2.28. The number of aliphatic imine (C=N–C) groups is 1. The van der Waals surface area contributed by atoms with Gasteiger partial charge in [-0.2, -0.15) is 0 Å². The fraction of sp³-hybridized carbons (Fsp3) is 0.917. The van der Waals surface area contributed by atoms with Gasteiger partial charge in [-0.15, -0.1) is 0 Å². The minimum Gasteiger partial charge on any atom is -0.382 e. The van der Waals surface area contributed by atoms with E-state index in [1.807, 2.05) is 0 Å². The van der Waals surface area contributed by atoms with Crippen LogP contribution >= 0.6 is 0 Å². The first-order valence-electron chi connectivity index (χ1n) is 6.36. The molecule has 0 bridgehead atoms. The molecule has 1 unspecified atom stereocenters. The minimum absolute atomic E-state index is 0.433. The normalized spacial score (nSPS) is 13.5. The Hall–Kier alpha value is -0.810.